The van der Waals surface area contributed by atoms with Crippen LogP contribution in [0.3, 0.4) is 0 Å². The zero-order chi connectivity index (χ0) is 16.9. The minimum atomic E-state index is -0.277. The van der Waals surface area contributed by atoms with Crippen molar-refractivity contribution in [2.24, 2.45) is 0 Å². The zero-order valence-corrected chi connectivity index (χ0v) is 14.7. The van der Waals surface area contributed by atoms with E-state index in [0.29, 0.717) is 0 Å². The SMILES string of the molecule is CC(C)=CCC/C(C)=C/CC[C@]1(C)C=Cc2cc(O)ccc2O1. The number of phenolic OH excluding ortho intramolecular Hbond substituents is 1. The summed E-state index contributed by atoms with van der Waals surface area (Å²) in [6.45, 7) is 8.61. The standard InChI is InChI=1S/C21H28O2/c1-16(2)7-5-8-17(3)9-6-13-21(4)14-12-18-15-19(22)10-11-20(18)23-21/h7,9-12,14-15,22H,5-6,8,13H2,1-4H3/b17-9+/t21-/m1/s1. The van der Waals surface area contributed by atoms with E-state index in [0.717, 1.165) is 37.0 Å². The maximum absolute atomic E-state index is 9.52. The van der Waals surface area contributed by atoms with Crippen LogP contribution in [-0.4, -0.2) is 10.7 Å². The molecule has 0 aromatic heterocycles. The van der Waals surface area contributed by atoms with Gasteiger partial charge < -0.3 is 9.84 Å². The summed E-state index contributed by atoms with van der Waals surface area (Å²) >= 11 is 0. The van der Waals surface area contributed by atoms with Crippen LogP contribution in [0, 0.1) is 0 Å². The van der Waals surface area contributed by atoms with Crippen molar-refractivity contribution in [3.8, 4) is 11.5 Å². The first-order valence-electron chi connectivity index (χ1n) is 8.38. The smallest absolute Gasteiger partial charge is 0.128 e. The van der Waals surface area contributed by atoms with Crippen molar-refractivity contribution >= 4 is 6.08 Å². The Labute approximate surface area is 140 Å². The third-order valence-electron chi connectivity index (χ3n) is 4.18. The molecule has 1 N–H and O–H groups in total. The van der Waals surface area contributed by atoms with Crippen LogP contribution in [0.5, 0.6) is 11.5 Å². The summed E-state index contributed by atoms with van der Waals surface area (Å²) in [5, 5.41) is 9.52. The molecule has 0 aliphatic carbocycles. The summed E-state index contributed by atoms with van der Waals surface area (Å²) in [7, 11) is 0. The Kier molecular flexibility index (Phi) is 5.70. The molecule has 0 spiro atoms. The minimum absolute atomic E-state index is 0.274. The van der Waals surface area contributed by atoms with Crippen LogP contribution < -0.4 is 4.74 Å². The van der Waals surface area contributed by atoms with E-state index in [-0.39, 0.29) is 11.4 Å². The fourth-order valence-corrected chi connectivity index (χ4v) is 2.74. The molecule has 0 saturated heterocycles. The summed E-state index contributed by atoms with van der Waals surface area (Å²) in [5.41, 5.74) is 3.49. The lowest BCUT2D eigenvalue weighted by molar-refractivity contribution is 0.128. The van der Waals surface area contributed by atoms with E-state index in [1.165, 1.54) is 11.1 Å². The van der Waals surface area contributed by atoms with E-state index in [2.05, 4.69) is 45.9 Å². The third kappa shape index (κ3) is 5.31. The van der Waals surface area contributed by atoms with Crippen molar-refractivity contribution in [3.63, 3.8) is 0 Å². The van der Waals surface area contributed by atoms with Gasteiger partial charge in [-0.05, 0) is 77.7 Å². The molecule has 1 aromatic carbocycles. The number of allylic oxidation sites excluding steroid dienone is 4. The van der Waals surface area contributed by atoms with Crippen LogP contribution in [0.4, 0.5) is 0 Å². The Morgan fingerprint density at radius 1 is 1.17 bits per heavy atom. The lowest BCUT2D eigenvalue weighted by Crippen LogP contribution is -2.31. The second kappa shape index (κ2) is 7.54. The molecule has 2 heteroatoms. The van der Waals surface area contributed by atoms with Gasteiger partial charge in [-0.2, -0.15) is 0 Å². The number of rotatable bonds is 6. The number of ether oxygens (including phenoxy) is 1. The summed E-state index contributed by atoms with van der Waals surface area (Å²) in [6.07, 6.45) is 13.0. The zero-order valence-electron chi connectivity index (χ0n) is 14.7. The van der Waals surface area contributed by atoms with Gasteiger partial charge in [0.05, 0.1) is 0 Å². The average Bonchev–Trinajstić information content (AvgIpc) is 2.47. The molecule has 1 aliphatic rings. The Morgan fingerprint density at radius 3 is 2.70 bits per heavy atom. The Bertz CT molecular complexity index is 633. The van der Waals surface area contributed by atoms with Crippen LogP contribution in [0.2, 0.25) is 0 Å². The number of fused-ring (bicyclic) bond motifs is 1. The lowest BCUT2D eigenvalue weighted by Gasteiger charge is -2.31. The first kappa shape index (κ1) is 17.4. The Balaban J connectivity index is 1.89. The van der Waals surface area contributed by atoms with Gasteiger partial charge in [0.15, 0.2) is 0 Å². The number of hydrogen-bond donors (Lipinski definition) is 1. The van der Waals surface area contributed by atoms with Crippen LogP contribution in [0.1, 0.15) is 58.9 Å². The largest absolute Gasteiger partial charge is 0.508 e. The van der Waals surface area contributed by atoms with Gasteiger partial charge in [0.2, 0.25) is 0 Å². The first-order valence-corrected chi connectivity index (χ1v) is 8.38. The van der Waals surface area contributed by atoms with Crippen LogP contribution in [0.15, 0.2) is 47.6 Å². The van der Waals surface area contributed by atoms with Crippen molar-refractivity contribution in [2.45, 2.75) is 59.0 Å². The third-order valence-corrected chi connectivity index (χ3v) is 4.18. The highest BCUT2D eigenvalue weighted by Crippen LogP contribution is 2.35. The number of phenols is 1. The van der Waals surface area contributed by atoms with E-state index < -0.39 is 0 Å². The second-order valence-electron chi connectivity index (χ2n) is 6.88. The summed E-state index contributed by atoms with van der Waals surface area (Å²) < 4.78 is 6.13. The lowest BCUT2D eigenvalue weighted by atomic mass is 9.94. The quantitative estimate of drug-likeness (QED) is 0.650. The second-order valence-corrected chi connectivity index (χ2v) is 6.88. The first-order chi connectivity index (χ1) is 10.9. The molecule has 2 rings (SSSR count). The van der Waals surface area contributed by atoms with Crippen LogP contribution >= 0.6 is 0 Å². The molecule has 1 aliphatic heterocycles. The molecule has 0 bridgehead atoms. The van der Waals surface area contributed by atoms with E-state index in [1.807, 2.05) is 12.1 Å². The monoisotopic (exact) mass is 312 g/mol. The van der Waals surface area contributed by atoms with Crippen molar-refractivity contribution in [1.82, 2.24) is 0 Å². The van der Waals surface area contributed by atoms with Gasteiger partial charge in [-0.15, -0.1) is 0 Å². The predicted octanol–water partition coefficient (Wildman–Crippen LogP) is 6.03. The maximum atomic E-state index is 9.52. The fraction of sp³-hybridized carbons (Fsp3) is 0.429. The van der Waals surface area contributed by atoms with Crippen molar-refractivity contribution < 1.29 is 9.84 Å². The molecule has 23 heavy (non-hydrogen) atoms. The highest BCUT2D eigenvalue weighted by atomic mass is 16.5. The minimum Gasteiger partial charge on any atom is -0.508 e. The van der Waals surface area contributed by atoms with Gasteiger partial charge in [0.1, 0.15) is 17.1 Å². The van der Waals surface area contributed by atoms with Gasteiger partial charge in [0, 0.05) is 5.56 Å². The maximum Gasteiger partial charge on any atom is 0.128 e. The van der Waals surface area contributed by atoms with Gasteiger partial charge in [0.25, 0.3) is 0 Å². The highest BCUT2D eigenvalue weighted by molar-refractivity contribution is 5.62. The molecular weight excluding hydrogens is 284 g/mol. The topological polar surface area (TPSA) is 29.5 Å². The van der Waals surface area contributed by atoms with E-state index >= 15 is 0 Å². The number of aromatic hydroxyl groups is 1. The van der Waals surface area contributed by atoms with Crippen LogP contribution in [-0.2, 0) is 0 Å². The van der Waals surface area contributed by atoms with Crippen molar-refractivity contribution in [3.05, 3.63) is 53.1 Å². The summed E-state index contributed by atoms with van der Waals surface area (Å²) in [5.74, 6) is 1.12. The molecule has 0 fully saturated rings. The summed E-state index contributed by atoms with van der Waals surface area (Å²) in [4.78, 5) is 0. The Hall–Kier alpha value is -1.96. The molecule has 0 unspecified atom stereocenters. The molecule has 1 heterocycles. The highest BCUT2D eigenvalue weighted by Gasteiger charge is 2.26. The number of benzene rings is 1. The van der Waals surface area contributed by atoms with E-state index in [1.54, 1.807) is 12.1 Å². The van der Waals surface area contributed by atoms with Gasteiger partial charge in [-0.3, -0.25) is 0 Å². The molecule has 1 atom stereocenters. The molecule has 0 saturated carbocycles. The fourth-order valence-electron chi connectivity index (χ4n) is 2.74. The van der Waals surface area contributed by atoms with E-state index in [4.69, 9.17) is 4.74 Å². The van der Waals surface area contributed by atoms with Gasteiger partial charge >= 0.3 is 0 Å². The average molecular weight is 312 g/mol. The molecular formula is C21H28O2. The molecule has 0 radical (unpaired) electrons. The van der Waals surface area contributed by atoms with E-state index in [9.17, 15) is 5.11 Å². The summed E-state index contributed by atoms with van der Waals surface area (Å²) in [6, 6.07) is 5.25. The van der Waals surface area contributed by atoms with Gasteiger partial charge in [-0.1, -0.05) is 29.4 Å². The number of hydrogen-bond acceptors (Lipinski definition) is 2. The molecule has 124 valence electrons. The van der Waals surface area contributed by atoms with Crippen molar-refractivity contribution in [2.75, 3.05) is 0 Å². The normalized spacial score (nSPS) is 19.9. The van der Waals surface area contributed by atoms with Crippen molar-refractivity contribution in [1.29, 1.82) is 0 Å². The Morgan fingerprint density at radius 2 is 1.96 bits per heavy atom. The molecule has 1 aromatic rings. The molecule has 2 nitrogen and oxygen atoms in total. The molecule has 0 amide bonds. The van der Waals surface area contributed by atoms with Crippen LogP contribution in [0.25, 0.3) is 6.08 Å². The predicted molar refractivity (Wildman–Crippen MR) is 97.8 cm³/mol. The van der Waals surface area contributed by atoms with Gasteiger partial charge in [-0.25, -0.2) is 0 Å².